The van der Waals surface area contributed by atoms with Crippen molar-refractivity contribution < 1.29 is 0 Å². The molecule has 10 rings (SSSR count). The van der Waals surface area contributed by atoms with Crippen molar-refractivity contribution in [2.45, 2.75) is 19.0 Å². The van der Waals surface area contributed by atoms with Crippen LogP contribution in [-0.2, 0) is 6.67 Å². The second-order valence-electron chi connectivity index (χ2n) is 10.7. The lowest BCUT2D eigenvalue weighted by Crippen LogP contribution is -2.38. The Kier molecular flexibility index (Phi) is 4.01. The first-order valence-corrected chi connectivity index (χ1v) is 13.7. The highest BCUT2D eigenvalue weighted by atomic mass is 15.4. The van der Waals surface area contributed by atoms with Crippen LogP contribution >= 0.6 is 0 Å². The first-order valence-electron chi connectivity index (χ1n) is 13.7. The van der Waals surface area contributed by atoms with Gasteiger partial charge in [-0.1, -0.05) is 97.1 Å². The number of benzene rings is 4. The lowest BCUT2D eigenvalue weighted by atomic mass is 10.1. The number of hydrogen-bond donors (Lipinski definition) is 0. The fourth-order valence-corrected chi connectivity index (χ4v) is 6.70. The molecule has 8 nitrogen and oxygen atoms in total. The largest absolute Gasteiger partial charge is 0.296 e. The molecule has 5 aliphatic heterocycles. The zero-order valence-electron chi connectivity index (χ0n) is 21.7. The summed E-state index contributed by atoms with van der Waals surface area (Å²) in [6, 6.07) is 33.3. The lowest BCUT2D eigenvalue weighted by molar-refractivity contribution is 0.122. The fraction of sp³-hybridized carbons (Fsp3) is 0.0909. The summed E-state index contributed by atoms with van der Waals surface area (Å²) in [7, 11) is 0. The van der Waals surface area contributed by atoms with Crippen LogP contribution in [0.15, 0.2) is 127 Å². The lowest BCUT2D eigenvalue weighted by Gasteiger charge is -2.27. The Labute approximate surface area is 233 Å². The molecule has 0 amide bonds. The minimum absolute atomic E-state index is 0.296. The minimum atomic E-state index is -0.296. The summed E-state index contributed by atoms with van der Waals surface area (Å²) in [6.45, 7) is 0.497. The molecule has 8 heteroatoms. The summed E-state index contributed by atoms with van der Waals surface area (Å²) in [4.78, 5) is 33.5. The zero-order valence-corrected chi connectivity index (χ0v) is 21.7. The van der Waals surface area contributed by atoms with E-state index in [2.05, 4.69) is 82.3 Å². The second-order valence-corrected chi connectivity index (χ2v) is 10.7. The normalized spacial score (nSPS) is 23.5. The van der Waals surface area contributed by atoms with E-state index in [0.29, 0.717) is 30.0 Å². The molecule has 2 unspecified atom stereocenters. The number of aliphatic imine (C=N–C) groups is 4. The van der Waals surface area contributed by atoms with Crippen LogP contribution in [0.1, 0.15) is 45.7 Å². The highest BCUT2D eigenvalue weighted by Gasteiger charge is 2.41. The molecule has 4 aromatic carbocycles. The minimum Gasteiger partial charge on any atom is -0.296 e. The fourth-order valence-electron chi connectivity index (χ4n) is 6.70. The molecule has 1 aromatic heterocycles. The number of hydrogen-bond acceptors (Lipinski definition) is 7. The number of amidine groups is 4. The summed E-state index contributed by atoms with van der Waals surface area (Å²) >= 11 is 0. The Balaban J connectivity index is 1.40. The third kappa shape index (κ3) is 2.81. The smallest absolute Gasteiger partial charge is 0.164 e. The summed E-state index contributed by atoms with van der Waals surface area (Å²) in [5.74, 6) is 2.74. The maximum absolute atomic E-state index is 5.33. The number of rotatable bonds is 0. The van der Waals surface area contributed by atoms with Gasteiger partial charge in [-0.15, -0.1) is 0 Å². The maximum atomic E-state index is 5.33. The highest BCUT2D eigenvalue weighted by Crippen LogP contribution is 2.45. The maximum Gasteiger partial charge on any atom is 0.164 e. The molecule has 0 N–H and O–H groups in total. The Morgan fingerprint density at radius 1 is 0.463 bits per heavy atom. The van der Waals surface area contributed by atoms with Gasteiger partial charge in [-0.3, -0.25) is 4.57 Å². The molecule has 5 aromatic rings. The van der Waals surface area contributed by atoms with Crippen molar-refractivity contribution in [1.82, 2.24) is 9.47 Å². The molecule has 2 atom stereocenters. The van der Waals surface area contributed by atoms with Gasteiger partial charge in [0.25, 0.3) is 0 Å². The van der Waals surface area contributed by atoms with Crippen LogP contribution in [0, 0.1) is 0 Å². The third-order valence-corrected chi connectivity index (χ3v) is 8.56. The van der Waals surface area contributed by atoms with Crippen LogP contribution in [0.4, 0.5) is 0 Å². The predicted molar refractivity (Wildman–Crippen MR) is 157 cm³/mol. The van der Waals surface area contributed by atoms with Crippen LogP contribution in [0.2, 0.25) is 0 Å². The molecule has 0 saturated heterocycles. The van der Waals surface area contributed by atoms with Gasteiger partial charge in [0.05, 0.1) is 6.67 Å². The van der Waals surface area contributed by atoms with Gasteiger partial charge in [0.1, 0.15) is 23.3 Å². The van der Waals surface area contributed by atoms with Gasteiger partial charge in [0, 0.05) is 33.0 Å². The number of aromatic nitrogens is 1. The summed E-state index contributed by atoms with van der Waals surface area (Å²) in [5, 5.41) is 2.05. The van der Waals surface area contributed by atoms with Crippen LogP contribution < -0.4 is 11.0 Å². The topological polar surface area (TPSA) is 82.3 Å². The van der Waals surface area contributed by atoms with Crippen molar-refractivity contribution in [3.8, 4) is 0 Å². The van der Waals surface area contributed by atoms with Gasteiger partial charge < -0.3 is 0 Å². The van der Waals surface area contributed by atoms with Crippen LogP contribution in [0.5, 0.6) is 0 Å². The van der Waals surface area contributed by atoms with E-state index < -0.39 is 0 Å². The summed E-state index contributed by atoms with van der Waals surface area (Å²) in [5.41, 5.74) is 7.85. The predicted octanol–water partition coefficient (Wildman–Crippen LogP) is 4.29. The van der Waals surface area contributed by atoms with Crippen molar-refractivity contribution >= 4 is 34.1 Å². The van der Waals surface area contributed by atoms with Gasteiger partial charge in [-0.05, 0) is 11.1 Å². The van der Waals surface area contributed by atoms with Crippen molar-refractivity contribution in [3.63, 3.8) is 0 Å². The van der Waals surface area contributed by atoms with Crippen molar-refractivity contribution in [2.75, 3.05) is 0 Å². The Morgan fingerprint density at radius 2 is 0.878 bits per heavy atom. The third-order valence-electron chi connectivity index (χ3n) is 8.56. The molecule has 0 radical (unpaired) electrons. The molecule has 0 saturated carbocycles. The molecule has 41 heavy (non-hydrogen) atoms. The molecule has 0 spiro atoms. The Morgan fingerprint density at radius 3 is 1.37 bits per heavy atom. The van der Waals surface area contributed by atoms with Crippen molar-refractivity contribution in [2.24, 2.45) is 30.0 Å². The van der Waals surface area contributed by atoms with E-state index in [9.17, 15) is 0 Å². The molecular formula is C33H20N8. The van der Waals surface area contributed by atoms with Crippen LogP contribution in [-0.4, -0.2) is 32.8 Å². The van der Waals surface area contributed by atoms with E-state index in [0.717, 1.165) is 55.1 Å². The van der Waals surface area contributed by atoms with Crippen LogP contribution in [0.25, 0.3) is 10.8 Å². The van der Waals surface area contributed by atoms with E-state index in [1.807, 2.05) is 24.3 Å². The molecule has 5 aliphatic rings. The quantitative estimate of drug-likeness (QED) is 0.295. The van der Waals surface area contributed by atoms with Gasteiger partial charge in [-0.25, -0.2) is 34.9 Å². The van der Waals surface area contributed by atoms with E-state index in [1.54, 1.807) is 0 Å². The Hall–Kier alpha value is -5.34. The van der Waals surface area contributed by atoms with Gasteiger partial charge in [0.15, 0.2) is 23.3 Å². The first-order chi connectivity index (χ1) is 20.3. The van der Waals surface area contributed by atoms with E-state index in [1.165, 1.54) is 0 Å². The first kappa shape index (κ1) is 21.5. The zero-order chi connectivity index (χ0) is 26.7. The highest BCUT2D eigenvalue weighted by molar-refractivity contribution is 6.23. The molecule has 192 valence electrons. The molecule has 0 fully saturated rings. The molecule has 6 bridgehead atoms. The average molecular weight is 529 g/mol. The van der Waals surface area contributed by atoms with Gasteiger partial charge in [-0.2, -0.15) is 0 Å². The summed E-state index contributed by atoms with van der Waals surface area (Å²) in [6.07, 6.45) is -0.592. The second kappa shape index (κ2) is 7.65. The molecular weight excluding hydrogens is 508 g/mol. The standard InChI is InChI=1S/C33H20N8/c1-2-10-19-18(9-1)26-34-27(19)37-31-24-15-7-8-16-25(24)33-39-29-21-12-4-3-11-20(21)28(35-29)38-32-23-14-6-5-13-22(23)30(36-26)40(32)17-41(31)33/h1-16,30,32H,17H2/b36-26-,37-31?,38-28-,39-33?. The molecule has 0 aliphatic carbocycles. The monoisotopic (exact) mass is 528 g/mol. The number of nitrogens with zero attached hydrogens (tertiary/aromatic N) is 8. The van der Waals surface area contributed by atoms with Gasteiger partial charge >= 0.3 is 0 Å². The average Bonchev–Trinajstić information content (AvgIpc) is 3.72. The SMILES string of the molecule is c1ccc2c(c1)C1=N/C2=N\C2c3ccccc3C3/N=C4\N=C(N=c5c6ccccc6c(n5CN23)=N1)c1ccccc14. The number of fused-ring (bicyclic) bond motifs is 14. The Bertz CT molecular complexity index is 2110. The summed E-state index contributed by atoms with van der Waals surface area (Å²) < 4.78 is 2.20. The van der Waals surface area contributed by atoms with E-state index in [-0.39, 0.29) is 12.3 Å². The van der Waals surface area contributed by atoms with Crippen molar-refractivity contribution in [1.29, 1.82) is 0 Å². The van der Waals surface area contributed by atoms with E-state index >= 15 is 0 Å². The van der Waals surface area contributed by atoms with Crippen molar-refractivity contribution in [3.05, 3.63) is 141 Å². The van der Waals surface area contributed by atoms with E-state index in [4.69, 9.17) is 30.0 Å². The van der Waals surface area contributed by atoms with Gasteiger partial charge in [0.2, 0.25) is 0 Å². The van der Waals surface area contributed by atoms with Crippen LogP contribution in [0.3, 0.4) is 0 Å². The molecule has 6 heterocycles.